The maximum Gasteiger partial charge on any atom is 0.0704 e. The topological polar surface area (TPSA) is 12.0 Å². The average molecular weight is 260 g/mol. The molecule has 2 rings (SSSR count). The van der Waals surface area contributed by atoms with Crippen LogP contribution in [0.15, 0.2) is 9.85 Å². The Balaban J connectivity index is 2.06. The van der Waals surface area contributed by atoms with Crippen LogP contribution in [0.5, 0.6) is 0 Å². The molecule has 3 heteroatoms. The van der Waals surface area contributed by atoms with E-state index in [-0.39, 0.29) is 0 Å². The summed E-state index contributed by atoms with van der Waals surface area (Å²) in [5.41, 5.74) is 1.56. The Hall–Kier alpha value is 0.140. The normalized spacial score (nSPS) is 27.3. The summed E-state index contributed by atoms with van der Waals surface area (Å²) in [7, 11) is 2.05. The van der Waals surface area contributed by atoms with Gasteiger partial charge in [0.15, 0.2) is 0 Å². The smallest absolute Gasteiger partial charge is 0.0704 e. The number of halogens is 1. The van der Waals surface area contributed by atoms with E-state index < -0.39 is 0 Å². The van der Waals surface area contributed by atoms with Gasteiger partial charge in [0.25, 0.3) is 0 Å². The Morgan fingerprint density at radius 1 is 1.54 bits per heavy atom. The Bertz CT molecular complexity index is 302. The monoisotopic (exact) mass is 259 g/mol. The number of hydrogen-bond donors (Lipinski definition) is 1. The molecule has 1 nitrogen and oxygen atoms in total. The highest BCUT2D eigenvalue weighted by Gasteiger charge is 2.30. The largest absolute Gasteiger partial charge is 0.317 e. The second-order valence-corrected chi connectivity index (χ2v) is 6.35. The van der Waals surface area contributed by atoms with Crippen LogP contribution in [-0.2, 0) is 0 Å². The van der Waals surface area contributed by atoms with E-state index in [2.05, 4.69) is 41.3 Å². The average Bonchev–Trinajstić information content (AvgIpc) is 2.29. The molecule has 1 N–H and O–H groups in total. The molecule has 0 unspecified atom stereocenters. The fourth-order valence-electron chi connectivity index (χ4n) is 1.97. The van der Waals surface area contributed by atoms with Crippen molar-refractivity contribution in [2.45, 2.75) is 31.7 Å². The molecule has 1 fully saturated rings. The molecular weight excluding hydrogens is 246 g/mol. The molecule has 0 atom stereocenters. The molecule has 0 spiro atoms. The van der Waals surface area contributed by atoms with Crippen LogP contribution in [0.25, 0.3) is 0 Å². The molecule has 0 aliphatic heterocycles. The van der Waals surface area contributed by atoms with Gasteiger partial charge in [-0.3, -0.25) is 0 Å². The Morgan fingerprint density at radius 3 is 2.69 bits per heavy atom. The maximum absolute atomic E-state index is 3.54. The van der Waals surface area contributed by atoms with Gasteiger partial charge in [-0.2, -0.15) is 0 Å². The maximum atomic E-state index is 3.54. The molecule has 72 valence electrons. The minimum absolute atomic E-state index is 0.753. The first-order chi connectivity index (χ1) is 6.20. The zero-order valence-electron chi connectivity index (χ0n) is 7.93. The van der Waals surface area contributed by atoms with Gasteiger partial charge >= 0.3 is 0 Å². The van der Waals surface area contributed by atoms with E-state index in [0.29, 0.717) is 0 Å². The summed E-state index contributed by atoms with van der Waals surface area (Å²) in [5, 5.41) is 3.32. The van der Waals surface area contributed by atoms with Gasteiger partial charge in [-0.25, -0.2) is 0 Å². The predicted molar refractivity (Wildman–Crippen MR) is 61.6 cm³/mol. The van der Waals surface area contributed by atoms with Crippen LogP contribution in [0.1, 0.15) is 29.2 Å². The predicted octanol–water partition coefficient (Wildman–Crippen LogP) is 3.28. The Kier molecular flexibility index (Phi) is 2.77. The summed E-state index contributed by atoms with van der Waals surface area (Å²) in [6.07, 6.45) is 2.61. The van der Waals surface area contributed by atoms with Crippen molar-refractivity contribution in [3.63, 3.8) is 0 Å². The first-order valence-corrected chi connectivity index (χ1v) is 6.24. The van der Waals surface area contributed by atoms with Crippen molar-refractivity contribution in [1.29, 1.82) is 0 Å². The van der Waals surface area contributed by atoms with E-state index in [1.165, 1.54) is 21.5 Å². The van der Waals surface area contributed by atoms with Crippen molar-refractivity contribution >= 4 is 27.3 Å². The highest BCUT2D eigenvalue weighted by molar-refractivity contribution is 9.11. The van der Waals surface area contributed by atoms with E-state index in [4.69, 9.17) is 0 Å². The Labute approximate surface area is 91.7 Å². The van der Waals surface area contributed by atoms with Gasteiger partial charge in [-0.15, -0.1) is 11.3 Å². The summed E-state index contributed by atoms with van der Waals surface area (Å²) in [6.45, 7) is 2.22. The van der Waals surface area contributed by atoms with Crippen LogP contribution in [-0.4, -0.2) is 13.1 Å². The SMILES string of the molecule is CNC1CC(c2cc(Br)sc2C)C1. The summed E-state index contributed by atoms with van der Waals surface area (Å²) in [6, 6.07) is 3.04. The van der Waals surface area contributed by atoms with Crippen LogP contribution in [0, 0.1) is 6.92 Å². The van der Waals surface area contributed by atoms with E-state index in [0.717, 1.165) is 12.0 Å². The van der Waals surface area contributed by atoms with Gasteiger partial charge in [0.05, 0.1) is 3.79 Å². The minimum Gasteiger partial charge on any atom is -0.317 e. The lowest BCUT2D eigenvalue weighted by atomic mass is 9.76. The number of thiophene rings is 1. The van der Waals surface area contributed by atoms with E-state index >= 15 is 0 Å². The molecule has 0 radical (unpaired) electrons. The third kappa shape index (κ3) is 1.83. The molecule has 0 saturated heterocycles. The van der Waals surface area contributed by atoms with Gasteiger partial charge in [0.1, 0.15) is 0 Å². The molecule has 13 heavy (non-hydrogen) atoms. The zero-order chi connectivity index (χ0) is 9.42. The van der Waals surface area contributed by atoms with Crippen molar-refractivity contribution in [2.75, 3.05) is 7.05 Å². The number of hydrogen-bond acceptors (Lipinski definition) is 2. The van der Waals surface area contributed by atoms with Crippen LogP contribution >= 0.6 is 27.3 Å². The second-order valence-electron chi connectivity index (χ2n) is 3.72. The molecule has 1 aliphatic rings. The summed E-state index contributed by atoms with van der Waals surface area (Å²) >= 11 is 5.39. The fraction of sp³-hybridized carbons (Fsp3) is 0.600. The zero-order valence-corrected chi connectivity index (χ0v) is 10.3. The highest BCUT2D eigenvalue weighted by atomic mass is 79.9. The van der Waals surface area contributed by atoms with Crippen molar-refractivity contribution in [3.8, 4) is 0 Å². The number of rotatable bonds is 2. The summed E-state index contributed by atoms with van der Waals surface area (Å²) in [4.78, 5) is 1.48. The number of aryl methyl sites for hydroxylation is 1. The third-order valence-electron chi connectivity index (χ3n) is 2.91. The molecule has 1 aromatic rings. The van der Waals surface area contributed by atoms with Crippen LogP contribution in [0.4, 0.5) is 0 Å². The second kappa shape index (κ2) is 3.71. The first-order valence-electron chi connectivity index (χ1n) is 4.63. The molecule has 1 heterocycles. The van der Waals surface area contributed by atoms with E-state index in [9.17, 15) is 0 Å². The van der Waals surface area contributed by atoms with Gasteiger partial charge < -0.3 is 5.32 Å². The van der Waals surface area contributed by atoms with E-state index in [1.807, 2.05) is 11.3 Å². The highest BCUT2D eigenvalue weighted by Crippen LogP contribution is 2.41. The van der Waals surface area contributed by atoms with Crippen molar-refractivity contribution in [1.82, 2.24) is 5.32 Å². The summed E-state index contributed by atoms with van der Waals surface area (Å²) < 4.78 is 1.27. The minimum atomic E-state index is 0.753. The van der Waals surface area contributed by atoms with Crippen molar-refractivity contribution < 1.29 is 0 Å². The number of nitrogens with one attached hydrogen (secondary N) is 1. The molecule has 0 aromatic carbocycles. The standard InChI is InChI=1S/C10H14BrNS/c1-6-9(5-10(11)13-6)7-3-8(4-7)12-2/h5,7-8,12H,3-4H2,1-2H3. The molecule has 1 saturated carbocycles. The molecule has 1 aromatic heterocycles. The van der Waals surface area contributed by atoms with Crippen LogP contribution in [0.3, 0.4) is 0 Å². The lowest BCUT2D eigenvalue weighted by Gasteiger charge is -2.35. The van der Waals surface area contributed by atoms with E-state index in [1.54, 1.807) is 5.56 Å². The lowest BCUT2D eigenvalue weighted by Crippen LogP contribution is -2.37. The van der Waals surface area contributed by atoms with Crippen molar-refractivity contribution in [3.05, 3.63) is 20.3 Å². The van der Waals surface area contributed by atoms with Gasteiger partial charge in [0.2, 0.25) is 0 Å². The molecule has 0 bridgehead atoms. The molecular formula is C10H14BrNS. The Morgan fingerprint density at radius 2 is 2.23 bits per heavy atom. The summed E-state index contributed by atoms with van der Waals surface area (Å²) in [5.74, 6) is 0.806. The van der Waals surface area contributed by atoms with Crippen LogP contribution < -0.4 is 5.32 Å². The van der Waals surface area contributed by atoms with Gasteiger partial charge in [-0.05, 0) is 60.3 Å². The quantitative estimate of drug-likeness (QED) is 0.860. The molecule has 1 aliphatic carbocycles. The van der Waals surface area contributed by atoms with Gasteiger partial charge in [-0.1, -0.05) is 0 Å². The lowest BCUT2D eigenvalue weighted by molar-refractivity contribution is 0.307. The van der Waals surface area contributed by atoms with Crippen molar-refractivity contribution in [2.24, 2.45) is 0 Å². The van der Waals surface area contributed by atoms with Crippen LogP contribution in [0.2, 0.25) is 0 Å². The third-order valence-corrected chi connectivity index (χ3v) is 4.48. The fourth-order valence-corrected chi connectivity index (χ4v) is 3.77. The van der Waals surface area contributed by atoms with Gasteiger partial charge in [0, 0.05) is 10.9 Å². The first kappa shape index (κ1) is 9.69. The molecule has 0 amide bonds.